The summed E-state index contributed by atoms with van der Waals surface area (Å²) in [6, 6.07) is -0.112. The molecule has 0 bridgehead atoms. The zero-order chi connectivity index (χ0) is 13.2. The Balaban J connectivity index is 1.91. The highest BCUT2D eigenvalue weighted by molar-refractivity contribution is 5.73. The Morgan fingerprint density at radius 3 is 2.56 bits per heavy atom. The van der Waals surface area contributed by atoms with Crippen molar-refractivity contribution in [3.8, 4) is 0 Å². The smallest absolute Gasteiger partial charge is 0.314 e. The first-order chi connectivity index (χ1) is 8.68. The number of carbonyl (C=O) groups excluding carboxylic acids is 1. The molecule has 0 aromatic heterocycles. The van der Waals surface area contributed by atoms with Crippen LogP contribution in [0.2, 0.25) is 0 Å². The van der Waals surface area contributed by atoms with E-state index in [4.69, 9.17) is 5.11 Å². The van der Waals surface area contributed by atoms with Gasteiger partial charge in [-0.3, -0.25) is 0 Å². The van der Waals surface area contributed by atoms with Crippen molar-refractivity contribution in [2.45, 2.75) is 64.4 Å². The minimum absolute atomic E-state index is 0.112. The Labute approximate surface area is 111 Å². The number of carbonyl (C=O) groups is 1. The van der Waals surface area contributed by atoms with E-state index >= 15 is 0 Å². The molecule has 4 heteroatoms. The highest BCUT2D eigenvalue weighted by atomic mass is 16.3. The minimum Gasteiger partial charge on any atom is -0.393 e. The van der Waals surface area contributed by atoms with Crippen LogP contribution >= 0.6 is 0 Å². The molecule has 1 rings (SSSR count). The van der Waals surface area contributed by atoms with Gasteiger partial charge in [-0.1, -0.05) is 32.1 Å². The van der Waals surface area contributed by atoms with Gasteiger partial charge >= 0.3 is 6.03 Å². The number of amides is 2. The third kappa shape index (κ3) is 7.54. The number of urea groups is 1. The number of hydrogen-bond donors (Lipinski definition) is 3. The predicted molar refractivity (Wildman–Crippen MR) is 73.5 cm³/mol. The van der Waals surface area contributed by atoms with Crippen LogP contribution in [0.1, 0.15) is 58.3 Å². The Hall–Kier alpha value is -0.770. The first kappa shape index (κ1) is 15.3. The minimum atomic E-state index is -0.350. The highest BCUT2D eigenvalue weighted by Gasteiger charge is 2.12. The molecule has 0 aromatic rings. The van der Waals surface area contributed by atoms with Crippen molar-refractivity contribution in [3.63, 3.8) is 0 Å². The van der Waals surface area contributed by atoms with Gasteiger partial charge in [-0.05, 0) is 32.1 Å². The van der Waals surface area contributed by atoms with Gasteiger partial charge in [0.15, 0.2) is 0 Å². The molecule has 0 aliphatic heterocycles. The summed E-state index contributed by atoms with van der Waals surface area (Å²) in [5.74, 6) is 0.888. The quantitative estimate of drug-likeness (QED) is 0.613. The molecule has 18 heavy (non-hydrogen) atoms. The molecular weight excluding hydrogens is 228 g/mol. The summed E-state index contributed by atoms with van der Waals surface area (Å²) < 4.78 is 0. The van der Waals surface area contributed by atoms with Crippen LogP contribution in [0, 0.1) is 5.92 Å². The lowest BCUT2D eigenvalue weighted by molar-refractivity contribution is 0.183. The molecule has 1 unspecified atom stereocenters. The number of hydrogen-bond acceptors (Lipinski definition) is 2. The van der Waals surface area contributed by atoms with Crippen molar-refractivity contribution in [2.24, 2.45) is 5.92 Å². The summed E-state index contributed by atoms with van der Waals surface area (Å²) in [4.78, 5) is 11.4. The fourth-order valence-corrected chi connectivity index (χ4v) is 2.53. The molecule has 2 amide bonds. The molecule has 1 fully saturated rings. The van der Waals surface area contributed by atoms with Crippen molar-refractivity contribution in [2.75, 3.05) is 13.1 Å². The fourth-order valence-electron chi connectivity index (χ4n) is 2.53. The Bertz CT molecular complexity index is 226. The van der Waals surface area contributed by atoms with Crippen LogP contribution in [0.4, 0.5) is 4.79 Å². The maximum absolute atomic E-state index is 11.4. The highest BCUT2D eigenvalue weighted by Crippen LogP contribution is 2.26. The van der Waals surface area contributed by atoms with Gasteiger partial charge in [0.05, 0.1) is 6.10 Å². The van der Waals surface area contributed by atoms with Crippen molar-refractivity contribution in [1.29, 1.82) is 0 Å². The number of nitrogens with one attached hydrogen (secondary N) is 2. The van der Waals surface area contributed by atoms with Crippen LogP contribution in [0.25, 0.3) is 0 Å². The van der Waals surface area contributed by atoms with Gasteiger partial charge in [-0.25, -0.2) is 4.79 Å². The van der Waals surface area contributed by atoms with E-state index in [1.165, 1.54) is 38.5 Å². The van der Waals surface area contributed by atoms with Crippen LogP contribution in [0.15, 0.2) is 0 Å². The van der Waals surface area contributed by atoms with E-state index in [9.17, 15) is 4.79 Å². The average molecular weight is 256 g/mol. The van der Waals surface area contributed by atoms with Gasteiger partial charge < -0.3 is 15.7 Å². The third-order valence-electron chi connectivity index (χ3n) is 3.65. The van der Waals surface area contributed by atoms with Crippen LogP contribution in [-0.4, -0.2) is 30.3 Å². The zero-order valence-electron chi connectivity index (χ0n) is 11.6. The third-order valence-corrected chi connectivity index (χ3v) is 3.65. The SMILES string of the molecule is CC(O)CCNC(=O)NCCCC1CCCCC1. The van der Waals surface area contributed by atoms with Crippen LogP contribution < -0.4 is 10.6 Å². The lowest BCUT2D eigenvalue weighted by Crippen LogP contribution is -2.37. The fraction of sp³-hybridized carbons (Fsp3) is 0.929. The molecule has 1 aliphatic carbocycles. The van der Waals surface area contributed by atoms with Crippen LogP contribution in [0.5, 0.6) is 0 Å². The van der Waals surface area contributed by atoms with E-state index in [-0.39, 0.29) is 12.1 Å². The summed E-state index contributed by atoms with van der Waals surface area (Å²) >= 11 is 0. The van der Waals surface area contributed by atoms with Gasteiger partial charge in [-0.2, -0.15) is 0 Å². The molecule has 0 aromatic carbocycles. The van der Waals surface area contributed by atoms with E-state index in [1.54, 1.807) is 6.92 Å². The molecular formula is C14H28N2O2. The van der Waals surface area contributed by atoms with Gasteiger partial charge in [0.25, 0.3) is 0 Å². The lowest BCUT2D eigenvalue weighted by Gasteiger charge is -2.21. The monoisotopic (exact) mass is 256 g/mol. The molecule has 1 saturated carbocycles. The van der Waals surface area contributed by atoms with E-state index in [0.717, 1.165) is 18.9 Å². The summed E-state index contributed by atoms with van der Waals surface area (Å²) in [6.45, 7) is 3.02. The number of aliphatic hydroxyl groups is 1. The normalized spacial score (nSPS) is 18.3. The largest absolute Gasteiger partial charge is 0.393 e. The molecule has 0 spiro atoms. The maximum Gasteiger partial charge on any atom is 0.314 e. The maximum atomic E-state index is 11.4. The second kappa shape index (κ2) is 9.20. The Kier molecular flexibility index (Phi) is 7.81. The average Bonchev–Trinajstić information content (AvgIpc) is 2.35. The van der Waals surface area contributed by atoms with Gasteiger partial charge in [0.2, 0.25) is 0 Å². The standard InChI is InChI=1S/C14H28N2O2/c1-12(17)9-11-16-14(18)15-10-5-8-13-6-3-2-4-7-13/h12-13,17H,2-11H2,1H3,(H2,15,16,18). The predicted octanol–water partition coefficient (Wildman–Crippen LogP) is 2.42. The van der Waals surface area contributed by atoms with Gasteiger partial charge in [-0.15, -0.1) is 0 Å². The molecule has 106 valence electrons. The first-order valence-electron chi connectivity index (χ1n) is 7.38. The summed E-state index contributed by atoms with van der Waals surface area (Å²) in [5.41, 5.74) is 0. The molecule has 1 atom stereocenters. The zero-order valence-corrected chi connectivity index (χ0v) is 11.6. The Morgan fingerprint density at radius 1 is 1.22 bits per heavy atom. The van der Waals surface area contributed by atoms with Crippen molar-refractivity contribution in [1.82, 2.24) is 10.6 Å². The second-order valence-electron chi connectivity index (χ2n) is 5.47. The first-order valence-corrected chi connectivity index (χ1v) is 7.38. The molecule has 0 heterocycles. The molecule has 1 aliphatic rings. The summed E-state index contributed by atoms with van der Waals surface area (Å²) in [5, 5.41) is 14.7. The van der Waals surface area contributed by atoms with Crippen LogP contribution in [-0.2, 0) is 0 Å². The second-order valence-corrected chi connectivity index (χ2v) is 5.47. The van der Waals surface area contributed by atoms with Gasteiger partial charge in [0, 0.05) is 13.1 Å². The molecule has 0 radical (unpaired) electrons. The van der Waals surface area contributed by atoms with Gasteiger partial charge in [0.1, 0.15) is 0 Å². The molecule has 0 saturated heterocycles. The van der Waals surface area contributed by atoms with Crippen molar-refractivity contribution in [3.05, 3.63) is 0 Å². The molecule has 4 nitrogen and oxygen atoms in total. The topological polar surface area (TPSA) is 61.4 Å². The van der Waals surface area contributed by atoms with E-state index in [1.807, 2.05) is 0 Å². The van der Waals surface area contributed by atoms with E-state index < -0.39 is 0 Å². The van der Waals surface area contributed by atoms with E-state index in [2.05, 4.69) is 10.6 Å². The lowest BCUT2D eigenvalue weighted by atomic mass is 9.86. The number of rotatable bonds is 7. The number of aliphatic hydroxyl groups excluding tert-OH is 1. The Morgan fingerprint density at radius 2 is 1.89 bits per heavy atom. The van der Waals surface area contributed by atoms with E-state index in [0.29, 0.717) is 13.0 Å². The molecule has 3 N–H and O–H groups in total. The van der Waals surface area contributed by atoms with Crippen LogP contribution in [0.3, 0.4) is 0 Å². The summed E-state index contributed by atoms with van der Waals surface area (Å²) in [6.07, 6.45) is 9.51. The van der Waals surface area contributed by atoms with Crippen molar-refractivity contribution < 1.29 is 9.90 Å². The summed E-state index contributed by atoms with van der Waals surface area (Å²) in [7, 11) is 0. The van der Waals surface area contributed by atoms with Crippen molar-refractivity contribution >= 4 is 6.03 Å².